The number of ether oxygens (including phenoxy) is 1. The molecule has 0 bridgehead atoms. The Hall–Kier alpha value is -2.15. The van der Waals surface area contributed by atoms with Crippen LogP contribution in [0.5, 0.6) is 0 Å². The van der Waals surface area contributed by atoms with Crippen LogP contribution in [0.2, 0.25) is 0 Å². The van der Waals surface area contributed by atoms with Crippen LogP contribution >= 0.6 is 0 Å². The molecule has 0 spiro atoms. The molecule has 1 amide bonds. The number of carbonyl (C=O) groups excluding carboxylic acids is 1. The maximum atomic E-state index is 12.9. The number of fused-ring (bicyclic) bond motifs is 2. The van der Waals surface area contributed by atoms with Gasteiger partial charge in [-0.2, -0.15) is 0 Å². The molecular formula is C17H20N4O3. The van der Waals surface area contributed by atoms with E-state index in [1.54, 1.807) is 6.92 Å². The molecule has 3 heterocycles. The number of nitrogens with one attached hydrogen (secondary N) is 2. The van der Waals surface area contributed by atoms with E-state index in [1.165, 1.54) is 6.33 Å². The zero-order valence-electron chi connectivity index (χ0n) is 13.8. The largest absolute Gasteiger partial charge is 0.442 e. The van der Waals surface area contributed by atoms with Crippen molar-refractivity contribution in [1.82, 2.24) is 15.3 Å². The minimum absolute atomic E-state index is 0.0606. The number of hydrogen-bond acceptors (Lipinski definition) is 6. The number of anilines is 1. The fraction of sp³-hybridized carbons (Fsp3) is 0.588. The fourth-order valence-corrected chi connectivity index (χ4v) is 3.69. The highest BCUT2D eigenvalue weighted by atomic mass is 16.5. The van der Waals surface area contributed by atoms with E-state index in [9.17, 15) is 4.79 Å². The van der Waals surface area contributed by atoms with Gasteiger partial charge >= 0.3 is 0 Å². The summed E-state index contributed by atoms with van der Waals surface area (Å²) >= 11 is 0. The lowest BCUT2D eigenvalue weighted by Crippen LogP contribution is -2.30. The minimum Gasteiger partial charge on any atom is -0.442 e. The zero-order chi connectivity index (χ0) is 16.5. The van der Waals surface area contributed by atoms with Crippen LogP contribution < -0.4 is 10.6 Å². The molecule has 3 aliphatic rings. The first kappa shape index (κ1) is 14.2. The molecule has 1 saturated heterocycles. The summed E-state index contributed by atoms with van der Waals surface area (Å²) in [6.45, 7) is 5.44. The lowest BCUT2D eigenvalue weighted by atomic mass is 10.1. The Labute approximate surface area is 139 Å². The summed E-state index contributed by atoms with van der Waals surface area (Å²) in [6, 6.07) is 0.220. The van der Waals surface area contributed by atoms with E-state index in [4.69, 9.17) is 9.15 Å². The van der Waals surface area contributed by atoms with Gasteiger partial charge in [0.05, 0.1) is 24.2 Å². The maximum Gasteiger partial charge on any atom is 0.255 e. The molecule has 126 valence electrons. The summed E-state index contributed by atoms with van der Waals surface area (Å²) in [6.07, 6.45) is 3.67. The number of aryl methyl sites for hydroxylation is 1. The third-order valence-corrected chi connectivity index (χ3v) is 5.56. The molecule has 5 rings (SSSR count). The van der Waals surface area contributed by atoms with E-state index in [0.29, 0.717) is 40.1 Å². The van der Waals surface area contributed by atoms with E-state index in [0.717, 1.165) is 26.1 Å². The lowest BCUT2D eigenvalue weighted by Gasteiger charge is -2.13. The number of furan rings is 1. The normalized spacial score (nSPS) is 29.3. The predicted molar refractivity (Wildman–Crippen MR) is 86.9 cm³/mol. The number of nitrogens with zero attached hydrogens (tertiary/aromatic N) is 2. The topological polar surface area (TPSA) is 89.3 Å². The van der Waals surface area contributed by atoms with Gasteiger partial charge in [-0.25, -0.2) is 9.97 Å². The van der Waals surface area contributed by atoms with Gasteiger partial charge in [-0.15, -0.1) is 0 Å². The smallest absolute Gasteiger partial charge is 0.255 e. The number of amides is 1. The van der Waals surface area contributed by atoms with Crippen molar-refractivity contribution in [2.45, 2.75) is 38.3 Å². The molecule has 2 aliphatic carbocycles. The Kier molecular flexibility index (Phi) is 2.78. The zero-order valence-corrected chi connectivity index (χ0v) is 13.8. The molecule has 2 aromatic heterocycles. The third-order valence-electron chi connectivity index (χ3n) is 5.56. The maximum absolute atomic E-state index is 12.9. The van der Waals surface area contributed by atoms with E-state index >= 15 is 0 Å². The van der Waals surface area contributed by atoms with Gasteiger partial charge in [0, 0.05) is 23.4 Å². The van der Waals surface area contributed by atoms with Crippen LogP contribution in [-0.4, -0.2) is 40.7 Å². The summed E-state index contributed by atoms with van der Waals surface area (Å²) in [5, 5.41) is 7.26. The van der Waals surface area contributed by atoms with Crippen LogP contribution in [0.25, 0.3) is 11.1 Å². The molecule has 3 atom stereocenters. The van der Waals surface area contributed by atoms with Crippen molar-refractivity contribution in [3.05, 3.63) is 17.7 Å². The van der Waals surface area contributed by atoms with Crippen LogP contribution in [0.4, 0.5) is 5.82 Å². The monoisotopic (exact) mass is 328 g/mol. The molecular weight excluding hydrogens is 308 g/mol. The first-order valence-corrected chi connectivity index (χ1v) is 8.47. The minimum atomic E-state index is -0.107. The molecule has 3 fully saturated rings. The summed E-state index contributed by atoms with van der Waals surface area (Å²) in [7, 11) is 0. The van der Waals surface area contributed by atoms with Gasteiger partial charge < -0.3 is 19.8 Å². The van der Waals surface area contributed by atoms with Crippen molar-refractivity contribution in [1.29, 1.82) is 0 Å². The number of rotatable bonds is 4. The highest BCUT2D eigenvalue weighted by Gasteiger charge is 2.55. The van der Waals surface area contributed by atoms with Gasteiger partial charge in [0.1, 0.15) is 17.9 Å². The molecule has 1 aliphatic heterocycles. The van der Waals surface area contributed by atoms with Crippen molar-refractivity contribution in [2.75, 3.05) is 18.5 Å². The van der Waals surface area contributed by atoms with Crippen LogP contribution in [0.1, 0.15) is 35.9 Å². The molecule has 2 N–H and O–H groups in total. The van der Waals surface area contributed by atoms with Crippen molar-refractivity contribution < 1.29 is 13.9 Å². The van der Waals surface area contributed by atoms with Crippen LogP contribution in [0.15, 0.2) is 10.7 Å². The average molecular weight is 328 g/mol. The summed E-state index contributed by atoms with van der Waals surface area (Å²) in [4.78, 5) is 21.4. The Bertz CT molecular complexity index is 832. The van der Waals surface area contributed by atoms with Crippen LogP contribution in [-0.2, 0) is 4.74 Å². The summed E-state index contributed by atoms with van der Waals surface area (Å²) in [5.74, 6) is 2.08. The van der Waals surface area contributed by atoms with Gasteiger partial charge in [0.2, 0.25) is 5.71 Å². The molecule has 1 unspecified atom stereocenters. The molecule has 2 aromatic rings. The molecule has 24 heavy (non-hydrogen) atoms. The fourth-order valence-electron chi connectivity index (χ4n) is 3.69. The SMILES string of the molecule is Cc1oc2ncnc(NC3(C)CC3)c2c1C(=O)NC1[C@H]2COC[C@@H]12. The Morgan fingerprint density at radius 2 is 2.04 bits per heavy atom. The quantitative estimate of drug-likeness (QED) is 0.890. The van der Waals surface area contributed by atoms with Crippen molar-refractivity contribution in [3.8, 4) is 0 Å². The van der Waals surface area contributed by atoms with E-state index in [-0.39, 0.29) is 17.5 Å². The van der Waals surface area contributed by atoms with Gasteiger partial charge in [-0.3, -0.25) is 4.79 Å². The van der Waals surface area contributed by atoms with E-state index in [2.05, 4.69) is 27.5 Å². The second-order valence-corrected chi connectivity index (χ2v) is 7.49. The second kappa shape index (κ2) is 4.69. The van der Waals surface area contributed by atoms with Gasteiger partial charge in [0.15, 0.2) is 0 Å². The second-order valence-electron chi connectivity index (χ2n) is 7.49. The number of aromatic nitrogens is 2. The molecule has 7 nitrogen and oxygen atoms in total. The Morgan fingerprint density at radius 1 is 1.29 bits per heavy atom. The highest BCUT2D eigenvalue weighted by Crippen LogP contribution is 2.45. The summed E-state index contributed by atoms with van der Waals surface area (Å²) < 4.78 is 11.1. The van der Waals surface area contributed by atoms with E-state index < -0.39 is 0 Å². The summed E-state index contributed by atoms with van der Waals surface area (Å²) in [5.41, 5.74) is 1.06. The standard InChI is InChI=1S/C17H20N4O3/c1-8-11(15(22)20-13-9-5-23-6-10(9)13)12-14(21-17(2)3-4-17)18-7-19-16(12)24-8/h7,9-10,13H,3-6H2,1-2H3,(H,20,22)(H,18,19,21)/t9-,10+,13?. The molecule has 0 aromatic carbocycles. The predicted octanol–water partition coefficient (Wildman–Crippen LogP) is 1.87. The average Bonchev–Trinajstić information content (AvgIpc) is 3.27. The highest BCUT2D eigenvalue weighted by molar-refractivity contribution is 6.10. The molecule has 2 saturated carbocycles. The van der Waals surface area contributed by atoms with Crippen LogP contribution in [0.3, 0.4) is 0 Å². The third kappa shape index (κ3) is 2.11. The molecule has 0 radical (unpaired) electrons. The van der Waals surface area contributed by atoms with Crippen molar-refractivity contribution >= 4 is 22.8 Å². The van der Waals surface area contributed by atoms with Crippen LogP contribution in [0, 0.1) is 18.8 Å². The van der Waals surface area contributed by atoms with Gasteiger partial charge in [-0.05, 0) is 26.7 Å². The van der Waals surface area contributed by atoms with Crippen molar-refractivity contribution in [3.63, 3.8) is 0 Å². The lowest BCUT2D eigenvalue weighted by molar-refractivity contribution is 0.0929. The first-order valence-electron chi connectivity index (χ1n) is 8.47. The number of carbonyl (C=O) groups is 1. The van der Waals surface area contributed by atoms with Crippen molar-refractivity contribution in [2.24, 2.45) is 11.8 Å². The Balaban J connectivity index is 1.49. The Morgan fingerprint density at radius 3 is 2.75 bits per heavy atom. The van der Waals surface area contributed by atoms with E-state index in [1.807, 2.05) is 0 Å². The van der Waals surface area contributed by atoms with Gasteiger partial charge in [0.25, 0.3) is 5.91 Å². The first-order chi connectivity index (χ1) is 11.6. The van der Waals surface area contributed by atoms with Gasteiger partial charge in [-0.1, -0.05) is 0 Å². The number of hydrogen-bond donors (Lipinski definition) is 2. The molecule has 7 heteroatoms.